The van der Waals surface area contributed by atoms with E-state index in [1.165, 1.54) is 12.1 Å². The third-order valence-electron chi connectivity index (χ3n) is 4.09. The third-order valence-corrected chi connectivity index (χ3v) is 4.46. The summed E-state index contributed by atoms with van der Waals surface area (Å²) in [6.07, 6.45) is 4.59. The Morgan fingerprint density at radius 3 is 2.85 bits per heavy atom. The van der Waals surface area contributed by atoms with Crippen molar-refractivity contribution in [2.45, 2.75) is 44.8 Å². The summed E-state index contributed by atoms with van der Waals surface area (Å²) in [4.78, 5) is 0. The average Bonchev–Trinajstić information content (AvgIpc) is 2.39. The van der Waals surface area contributed by atoms with Gasteiger partial charge in [-0.1, -0.05) is 11.6 Å². The molecule has 1 saturated carbocycles. The van der Waals surface area contributed by atoms with Gasteiger partial charge < -0.3 is 10.1 Å². The maximum atomic E-state index is 13.3. The topological polar surface area (TPSA) is 21.3 Å². The number of hydrogen-bond acceptors (Lipinski definition) is 2. The van der Waals surface area contributed by atoms with E-state index < -0.39 is 0 Å². The lowest BCUT2D eigenvalue weighted by Gasteiger charge is -2.37. The lowest BCUT2D eigenvalue weighted by atomic mass is 9.77. The molecule has 0 amide bonds. The molecule has 0 aliphatic heterocycles. The predicted molar refractivity (Wildman–Crippen MR) is 80.7 cm³/mol. The summed E-state index contributed by atoms with van der Waals surface area (Å²) >= 11 is 6.13. The molecule has 1 unspecified atom stereocenters. The highest BCUT2D eigenvalue weighted by Gasteiger charge is 2.31. The first kappa shape index (κ1) is 15.7. The molecule has 1 fully saturated rings. The van der Waals surface area contributed by atoms with E-state index in [9.17, 15) is 4.39 Å². The molecule has 0 spiro atoms. The van der Waals surface area contributed by atoms with E-state index in [-0.39, 0.29) is 5.82 Å². The first-order valence-electron chi connectivity index (χ1n) is 7.35. The summed E-state index contributed by atoms with van der Waals surface area (Å²) < 4.78 is 18.9. The second-order valence-electron chi connectivity index (χ2n) is 5.58. The summed E-state index contributed by atoms with van der Waals surface area (Å²) in [5.41, 5.74) is 0.881. The van der Waals surface area contributed by atoms with Crippen LogP contribution >= 0.6 is 11.6 Å². The monoisotopic (exact) mass is 299 g/mol. The Balaban J connectivity index is 1.85. The standard InChI is InChI=1S/C16H23ClFNO/c1-3-20-15-7-11(8-15)6-14(19-2)10-12-9-13(18)4-5-16(12)17/h4-5,9,11,14-15,19H,3,6-8,10H2,1-2H3. The number of hydrogen-bond donors (Lipinski definition) is 1. The fourth-order valence-electron chi connectivity index (χ4n) is 2.91. The molecule has 2 nitrogen and oxygen atoms in total. The lowest BCUT2D eigenvalue weighted by Crippen LogP contribution is -2.38. The van der Waals surface area contributed by atoms with Crippen LogP contribution in [0.5, 0.6) is 0 Å². The SMILES string of the molecule is CCOC1CC(CC(Cc2cc(F)ccc2Cl)NC)C1. The molecule has 1 aliphatic carbocycles. The van der Waals surface area contributed by atoms with E-state index in [0.29, 0.717) is 23.1 Å². The van der Waals surface area contributed by atoms with Crippen molar-refractivity contribution in [3.8, 4) is 0 Å². The Morgan fingerprint density at radius 1 is 1.45 bits per heavy atom. The molecular weight excluding hydrogens is 277 g/mol. The van der Waals surface area contributed by atoms with Crippen molar-refractivity contribution in [1.82, 2.24) is 5.32 Å². The maximum Gasteiger partial charge on any atom is 0.123 e. The Labute approximate surface area is 125 Å². The third kappa shape index (κ3) is 4.18. The molecule has 2 rings (SSSR count). The number of rotatable bonds is 7. The van der Waals surface area contributed by atoms with Gasteiger partial charge in [0.2, 0.25) is 0 Å². The van der Waals surface area contributed by atoms with E-state index in [0.717, 1.165) is 37.9 Å². The summed E-state index contributed by atoms with van der Waals surface area (Å²) in [6.45, 7) is 2.83. The summed E-state index contributed by atoms with van der Waals surface area (Å²) in [5.74, 6) is 0.482. The molecule has 0 saturated heterocycles. The van der Waals surface area contributed by atoms with E-state index in [4.69, 9.17) is 16.3 Å². The highest BCUT2D eigenvalue weighted by atomic mass is 35.5. The van der Waals surface area contributed by atoms with Crippen LogP contribution in [0, 0.1) is 11.7 Å². The minimum absolute atomic E-state index is 0.223. The van der Waals surface area contributed by atoms with Crippen LogP contribution in [0.1, 0.15) is 31.7 Å². The van der Waals surface area contributed by atoms with E-state index in [1.54, 1.807) is 6.07 Å². The summed E-state index contributed by atoms with van der Waals surface area (Å²) in [5, 5.41) is 3.97. The van der Waals surface area contributed by atoms with Gasteiger partial charge in [-0.25, -0.2) is 4.39 Å². The molecule has 4 heteroatoms. The minimum Gasteiger partial charge on any atom is -0.378 e. The van der Waals surface area contributed by atoms with Crippen LogP contribution in [0.25, 0.3) is 0 Å². The maximum absolute atomic E-state index is 13.3. The molecule has 1 aromatic carbocycles. The highest BCUT2D eigenvalue weighted by Crippen LogP contribution is 2.34. The molecule has 112 valence electrons. The predicted octanol–water partition coefficient (Wildman–Crippen LogP) is 3.81. The van der Waals surface area contributed by atoms with Crippen molar-refractivity contribution in [1.29, 1.82) is 0 Å². The Hall–Kier alpha value is -0.640. The second kappa shape index (κ2) is 7.39. The van der Waals surface area contributed by atoms with Crippen molar-refractivity contribution >= 4 is 11.6 Å². The van der Waals surface area contributed by atoms with Gasteiger partial charge in [0.25, 0.3) is 0 Å². The van der Waals surface area contributed by atoms with Gasteiger partial charge in [0.15, 0.2) is 0 Å². The smallest absolute Gasteiger partial charge is 0.123 e. The molecule has 0 aromatic heterocycles. The first-order valence-corrected chi connectivity index (χ1v) is 7.73. The summed E-state index contributed by atoms with van der Waals surface area (Å²) in [6, 6.07) is 4.91. The molecule has 20 heavy (non-hydrogen) atoms. The molecule has 1 atom stereocenters. The number of likely N-dealkylation sites (N-methyl/N-ethyl adjacent to an activating group) is 1. The van der Waals surface area contributed by atoms with Crippen molar-refractivity contribution in [2.75, 3.05) is 13.7 Å². The number of ether oxygens (including phenoxy) is 1. The van der Waals surface area contributed by atoms with Crippen LogP contribution in [0.3, 0.4) is 0 Å². The molecule has 1 aliphatic rings. The van der Waals surface area contributed by atoms with Crippen molar-refractivity contribution in [3.63, 3.8) is 0 Å². The molecular formula is C16H23ClFNO. The number of nitrogens with one attached hydrogen (secondary N) is 1. The van der Waals surface area contributed by atoms with Crippen molar-refractivity contribution in [3.05, 3.63) is 34.6 Å². The zero-order valence-electron chi connectivity index (χ0n) is 12.2. The van der Waals surface area contributed by atoms with Crippen molar-refractivity contribution < 1.29 is 9.13 Å². The van der Waals surface area contributed by atoms with Gasteiger partial charge in [-0.3, -0.25) is 0 Å². The zero-order valence-corrected chi connectivity index (χ0v) is 12.9. The van der Waals surface area contributed by atoms with Crippen LogP contribution in [0.4, 0.5) is 4.39 Å². The molecule has 0 heterocycles. The van der Waals surface area contributed by atoms with E-state index in [2.05, 4.69) is 5.32 Å². The fraction of sp³-hybridized carbons (Fsp3) is 0.625. The largest absolute Gasteiger partial charge is 0.378 e. The average molecular weight is 300 g/mol. The second-order valence-corrected chi connectivity index (χ2v) is 5.98. The van der Waals surface area contributed by atoms with Crippen LogP contribution in [-0.4, -0.2) is 25.8 Å². The van der Waals surface area contributed by atoms with Gasteiger partial charge in [0, 0.05) is 17.7 Å². The lowest BCUT2D eigenvalue weighted by molar-refractivity contribution is -0.0288. The van der Waals surface area contributed by atoms with Crippen molar-refractivity contribution in [2.24, 2.45) is 5.92 Å². The minimum atomic E-state index is -0.223. The van der Waals surface area contributed by atoms with Gasteiger partial charge >= 0.3 is 0 Å². The number of benzene rings is 1. The van der Waals surface area contributed by atoms with Gasteiger partial charge in [0.1, 0.15) is 5.82 Å². The Morgan fingerprint density at radius 2 is 2.20 bits per heavy atom. The Bertz CT molecular complexity index is 434. The van der Waals surface area contributed by atoms with Gasteiger partial charge in [0.05, 0.1) is 6.10 Å². The van der Waals surface area contributed by atoms with E-state index in [1.807, 2.05) is 14.0 Å². The summed E-state index contributed by atoms with van der Waals surface area (Å²) in [7, 11) is 1.95. The number of halogens is 2. The zero-order chi connectivity index (χ0) is 14.5. The Kier molecular flexibility index (Phi) is 5.82. The normalized spacial score (nSPS) is 23.4. The van der Waals surface area contributed by atoms with E-state index >= 15 is 0 Å². The quantitative estimate of drug-likeness (QED) is 0.826. The molecule has 0 bridgehead atoms. The van der Waals surface area contributed by atoms with Crippen LogP contribution in [-0.2, 0) is 11.2 Å². The first-order chi connectivity index (χ1) is 9.62. The molecule has 1 aromatic rings. The fourth-order valence-corrected chi connectivity index (χ4v) is 3.10. The van der Waals surface area contributed by atoms with Crippen LogP contribution in [0.15, 0.2) is 18.2 Å². The van der Waals surface area contributed by atoms with Crippen LogP contribution < -0.4 is 5.32 Å². The van der Waals surface area contributed by atoms with Crippen LogP contribution in [0.2, 0.25) is 5.02 Å². The van der Waals surface area contributed by atoms with Gasteiger partial charge in [-0.15, -0.1) is 0 Å². The molecule has 0 radical (unpaired) electrons. The van der Waals surface area contributed by atoms with Gasteiger partial charge in [-0.2, -0.15) is 0 Å². The molecule has 1 N–H and O–H groups in total. The highest BCUT2D eigenvalue weighted by molar-refractivity contribution is 6.31. The van der Waals surface area contributed by atoms with Gasteiger partial charge in [-0.05, 0) is 69.3 Å².